The zero-order valence-electron chi connectivity index (χ0n) is 20.9. The fourth-order valence-electron chi connectivity index (χ4n) is 4.55. The minimum atomic E-state index is -0.800. The van der Waals surface area contributed by atoms with Crippen LogP contribution in [0.4, 0.5) is 0 Å². The molecule has 8 nitrogen and oxygen atoms in total. The number of rotatable bonds is 11. The Bertz CT molecular complexity index is 795. The van der Waals surface area contributed by atoms with Crippen LogP contribution in [0.2, 0.25) is 0 Å². The third-order valence-electron chi connectivity index (χ3n) is 6.68. The summed E-state index contributed by atoms with van der Waals surface area (Å²) in [5.41, 5.74) is 0.584. The van der Waals surface area contributed by atoms with Gasteiger partial charge in [0.05, 0.1) is 18.1 Å². The summed E-state index contributed by atoms with van der Waals surface area (Å²) in [5, 5.41) is 26.3. The number of hydroxylamine groups is 2. The van der Waals surface area contributed by atoms with Crippen molar-refractivity contribution in [3.63, 3.8) is 0 Å². The molecule has 0 saturated heterocycles. The molecule has 0 heterocycles. The predicted molar refractivity (Wildman–Crippen MR) is 130 cm³/mol. The van der Waals surface area contributed by atoms with E-state index in [1.807, 2.05) is 51.1 Å². The SMILES string of the molecule is C[C@@H](C(CCCc1ccccc1)C(=O)N[C@H](C(=O)NC1CCCC(O)C1)C(C)(C)C)N(O)C=O. The zero-order chi connectivity index (χ0) is 25.3. The van der Waals surface area contributed by atoms with E-state index in [0.29, 0.717) is 30.7 Å². The molecular weight excluding hydrogens is 434 g/mol. The van der Waals surface area contributed by atoms with E-state index in [-0.39, 0.29) is 17.9 Å². The highest BCUT2D eigenvalue weighted by molar-refractivity contribution is 5.89. The summed E-state index contributed by atoms with van der Waals surface area (Å²) in [7, 11) is 0. The van der Waals surface area contributed by atoms with Crippen LogP contribution in [0, 0.1) is 11.3 Å². The number of hydrogen-bond donors (Lipinski definition) is 4. The lowest BCUT2D eigenvalue weighted by molar-refractivity contribution is -0.166. The van der Waals surface area contributed by atoms with E-state index in [2.05, 4.69) is 10.6 Å². The van der Waals surface area contributed by atoms with Crippen LogP contribution in [0.15, 0.2) is 30.3 Å². The van der Waals surface area contributed by atoms with Crippen molar-refractivity contribution in [3.8, 4) is 0 Å². The largest absolute Gasteiger partial charge is 0.393 e. The van der Waals surface area contributed by atoms with Gasteiger partial charge in [-0.3, -0.25) is 19.6 Å². The number of carbonyl (C=O) groups excluding carboxylic acids is 3. The normalized spacial score (nSPS) is 21.1. The molecule has 0 bridgehead atoms. The number of nitrogens with one attached hydrogen (secondary N) is 2. The van der Waals surface area contributed by atoms with Gasteiger partial charge < -0.3 is 15.7 Å². The van der Waals surface area contributed by atoms with Crippen molar-refractivity contribution in [1.29, 1.82) is 0 Å². The van der Waals surface area contributed by atoms with E-state index >= 15 is 0 Å². The fraction of sp³-hybridized carbons (Fsp3) is 0.654. The Labute approximate surface area is 203 Å². The molecule has 8 heteroatoms. The van der Waals surface area contributed by atoms with Gasteiger partial charge in [0.15, 0.2) is 0 Å². The van der Waals surface area contributed by atoms with E-state index in [1.54, 1.807) is 6.92 Å². The lowest BCUT2D eigenvalue weighted by Crippen LogP contribution is -2.58. The van der Waals surface area contributed by atoms with Crippen LogP contribution < -0.4 is 10.6 Å². The molecule has 1 fully saturated rings. The maximum atomic E-state index is 13.4. The number of benzene rings is 1. The molecule has 3 amide bonds. The minimum absolute atomic E-state index is 0.124. The molecular formula is C26H41N3O5. The topological polar surface area (TPSA) is 119 Å². The van der Waals surface area contributed by atoms with Crippen molar-refractivity contribution in [2.75, 3.05) is 0 Å². The number of hydrogen-bond acceptors (Lipinski definition) is 5. The molecule has 2 rings (SSSR count). The molecule has 1 aliphatic carbocycles. The highest BCUT2D eigenvalue weighted by atomic mass is 16.5. The summed E-state index contributed by atoms with van der Waals surface area (Å²) in [6, 6.07) is 8.23. The summed E-state index contributed by atoms with van der Waals surface area (Å²) in [6.45, 7) is 7.26. The molecule has 3 unspecified atom stereocenters. The number of amides is 3. The summed E-state index contributed by atoms with van der Waals surface area (Å²) in [5.74, 6) is -1.35. The molecule has 4 N–H and O–H groups in total. The minimum Gasteiger partial charge on any atom is -0.393 e. The van der Waals surface area contributed by atoms with E-state index in [1.165, 1.54) is 0 Å². The smallest absolute Gasteiger partial charge is 0.243 e. The first-order chi connectivity index (χ1) is 16.0. The quantitative estimate of drug-likeness (QED) is 0.223. The Morgan fingerprint density at radius 2 is 1.85 bits per heavy atom. The molecule has 0 aromatic heterocycles. The molecule has 1 aromatic carbocycles. The Balaban J connectivity index is 2.10. The van der Waals surface area contributed by atoms with Gasteiger partial charge in [0, 0.05) is 6.04 Å². The van der Waals surface area contributed by atoms with Crippen LogP contribution in [0.3, 0.4) is 0 Å². The molecule has 1 aliphatic rings. The monoisotopic (exact) mass is 475 g/mol. The Morgan fingerprint density at radius 3 is 2.44 bits per heavy atom. The van der Waals surface area contributed by atoms with E-state index in [9.17, 15) is 24.7 Å². The van der Waals surface area contributed by atoms with Crippen LogP contribution in [0.25, 0.3) is 0 Å². The summed E-state index contributed by atoms with van der Waals surface area (Å²) < 4.78 is 0. The van der Waals surface area contributed by atoms with Gasteiger partial charge in [-0.15, -0.1) is 0 Å². The highest BCUT2D eigenvalue weighted by Crippen LogP contribution is 2.24. The first-order valence-electron chi connectivity index (χ1n) is 12.3. The lowest BCUT2D eigenvalue weighted by atomic mass is 9.84. The Kier molecular flexibility index (Phi) is 10.5. The number of nitrogens with zero attached hydrogens (tertiary/aromatic N) is 1. The van der Waals surface area contributed by atoms with E-state index in [4.69, 9.17) is 0 Å². The third-order valence-corrected chi connectivity index (χ3v) is 6.68. The van der Waals surface area contributed by atoms with Crippen LogP contribution in [0.1, 0.15) is 71.8 Å². The van der Waals surface area contributed by atoms with Crippen LogP contribution in [-0.4, -0.2) is 57.8 Å². The zero-order valence-corrected chi connectivity index (χ0v) is 20.9. The van der Waals surface area contributed by atoms with Gasteiger partial charge >= 0.3 is 0 Å². The number of aliphatic hydroxyl groups is 1. The average Bonchev–Trinajstić information content (AvgIpc) is 2.79. The van der Waals surface area contributed by atoms with Crippen LogP contribution >= 0.6 is 0 Å². The second-order valence-electron chi connectivity index (χ2n) is 10.5. The first kappa shape index (κ1) is 27.8. The lowest BCUT2D eigenvalue weighted by Gasteiger charge is -2.35. The molecule has 34 heavy (non-hydrogen) atoms. The Hall–Kier alpha value is -2.45. The third kappa shape index (κ3) is 8.40. The van der Waals surface area contributed by atoms with Gasteiger partial charge in [0.1, 0.15) is 6.04 Å². The maximum Gasteiger partial charge on any atom is 0.243 e. The Morgan fingerprint density at radius 1 is 1.18 bits per heavy atom. The second kappa shape index (κ2) is 12.9. The number of aryl methyl sites for hydroxylation is 1. The van der Waals surface area contributed by atoms with Crippen molar-refractivity contribution < 1.29 is 24.7 Å². The van der Waals surface area contributed by atoms with Crippen molar-refractivity contribution in [3.05, 3.63) is 35.9 Å². The van der Waals surface area contributed by atoms with E-state index in [0.717, 1.165) is 31.2 Å². The molecule has 1 saturated carbocycles. The number of carbonyl (C=O) groups is 3. The van der Waals surface area contributed by atoms with Gasteiger partial charge in [-0.2, -0.15) is 0 Å². The summed E-state index contributed by atoms with van der Waals surface area (Å²) >= 11 is 0. The summed E-state index contributed by atoms with van der Waals surface area (Å²) in [4.78, 5) is 37.7. The van der Waals surface area contributed by atoms with Crippen LogP contribution in [0.5, 0.6) is 0 Å². The fourth-order valence-corrected chi connectivity index (χ4v) is 4.55. The van der Waals surface area contributed by atoms with E-state index < -0.39 is 29.5 Å². The van der Waals surface area contributed by atoms with Crippen molar-refractivity contribution in [1.82, 2.24) is 15.7 Å². The van der Waals surface area contributed by atoms with Crippen molar-refractivity contribution in [2.45, 2.75) is 96.9 Å². The molecule has 5 atom stereocenters. The molecule has 0 aliphatic heterocycles. The van der Waals surface area contributed by atoms with Crippen molar-refractivity contribution in [2.24, 2.45) is 11.3 Å². The molecule has 0 radical (unpaired) electrons. The average molecular weight is 476 g/mol. The van der Waals surface area contributed by atoms with Crippen LogP contribution in [-0.2, 0) is 20.8 Å². The number of aliphatic hydroxyl groups excluding tert-OH is 1. The van der Waals surface area contributed by atoms with Gasteiger partial charge in [-0.25, -0.2) is 5.06 Å². The first-order valence-corrected chi connectivity index (χ1v) is 12.3. The second-order valence-corrected chi connectivity index (χ2v) is 10.5. The standard InChI is InChI=1S/C26H41N3O5/c1-18(29(34)17-30)22(15-8-12-19-10-6-5-7-11-19)24(32)28-23(26(2,3)4)25(33)27-20-13-9-14-21(31)16-20/h5-7,10-11,17-18,20-23,31,34H,8-9,12-16H2,1-4H3,(H,27,33)(H,28,32)/t18-,20?,21?,22?,23+/m0/s1. The summed E-state index contributed by atoms with van der Waals surface area (Å²) in [6.07, 6.45) is 4.66. The molecule has 190 valence electrons. The van der Waals surface area contributed by atoms with Gasteiger partial charge in [0.2, 0.25) is 18.2 Å². The maximum absolute atomic E-state index is 13.4. The highest BCUT2D eigenvalue weighted by Gasteiger charge is 2.37. The molecule has 1 aromatic rings. The van der Waals surface area contributed by atoms with Crippen molar-refractivity contribution >= 4 is 18.2 Å². The van der Waals surface area contributed by atoms with Gasteiger partial charge in [-0.05, 0) is 62.8 Å². The van der Waals surface area contributed by atoms with Gasteiger partial charge in [0.25, 0.3) is 0 Å². The predicted octanol–water partition coefficient (Wildman–Crippen LogP) is 2.81. The molecule has 0 spiro atoms. The van der Waals surface area contributed by atoms with Gasteiger partial charge in [-0.1, -0.05) is 51.1 Å².